The lowest BCUT2D eigenvalue weighted by Crippen LogP contribution is -2.51. The fourth-order valence-electron chi connectivity index (χ4n) is 2.83. The first-order chi connectivity index (χ1) is 9.55. The van der Waals surface area contributed by atoms with Gasteiger partial charge in [0.25, 0.3) is 0 Å². The predicted molar refractivity (Wildman–Crippen MR) is 81.7 cm³/mol. The lowest BCUT2D eigenvalue weighted by molar-refractivity contribution is 0.0828. The minimum Gasteiger partial charge on any atom is -0.504 e. The monoisotopic (exact) mass is 298 g/mol. The number of phenolic OH excluding ortho intramolecular Hbond substituents is 1. The molecule has 20 heavy (non-hydrogen) atoms. The van der Waals surface area contributed by atoms with Crippen molar-refractivity contribution in [3.05, 3.63) is 22.7 Å². The molecule has 0 amide bonds. The Labute approximate surface area is 125 Å². The van der Waals surface area contributed by atoms with E-state index in [2.05, 4.69) is 23.6 Å². The van der Waals surface area contributed by atoms with Crippen LogP contribution >= 0.6 is 11.6 Å². The van der Waals surface area contributed by atoms with Crippen LogP contribution in [0.25, 0.3) is 0 Å². The van der Waals surface area contributed by atoms with Crippen molar-refractivity contribution >= 4 is 11.6 Å². The second-order valence-corrected chi connectivity index (χ2v) is 5.76. The van der Waals surface area contributed by atoms with Gasteiger partial charge in [-0.25, -0.2) is 0 Å². The maximum atomic E-state index is 10.2. The van der Waals surface area contributed by atoms with Crippen LogP contribution in [-0.2, 0) is 6.54 Å². The molecule has 112 valence electrons. The number of likely N-dealkylation sites (N-methyl/N-ethyl adjacent to an activating group) is 1. The lowest BCUT2D eigenvalue weighted by Gasteiger charge is -2.39. The molecule has 4 nitrogen and oxygen atoms in total. The van der Waals surface area contributed by atoms with E-state index in [0.29, 0.717) is 23.4 Å². The van der Waals surface area contributed by atoms with Gasteiger partial charge in [0.1, 0.15) is 0 Å². The zero-order valence-corrected chi connectivity index (χ0v) is 13.2. The Morgan fingerprint density at radius 2 is 2.15 bits per heavy atom. The molecule has 1 aromatic carbocycles. The topological polar surface area (TPSA) is 35.9 Å². The third-order valence-electron chi connectivity index (χ3n) is 3.99. The summed E-state index contributed by atoms with van der Waals surface area (Å²) in [5.74, 6) is 0.634. The molecule has 1 aliphatic rings. The average Bonchev–Trinajstić information content (AvgIpc) is 2.42. The van der Waals surface area contributed by atoms with Crippen LogP contribution in [0.5, 0.6) is 11.5 Å². The van der Waals surface area contributed by atoms with Gasteiger partial charge in [-0.3, -0.25) is 9.80 Å². The number of methoxy groups -OCH3 is 1. The smallest absolute Gasteiger partial charge is 0.162 e. The van der Waals surface area contributed by atoms with Crippen LogP contribution in [0.2, 0.25) is 5.02 Å². The van der Waals surface area contributed by atoms with Gasteiger partial charge >= 0.3 is 0 Å². The number of hydrogen-bond acceptors (Lipinski definition) is 4. The number of rotatable bonds is 4. The summed E-state index contributed by atoms with van der Waals surface area (Å²) in [6, 6.07) is 3.99. The molecule has 1 heterocycles. The number of halogens is 1. The Hall–Kier alpha value is -0.970. The summed E-state index contributed by atoms with van der Waals surface area (Å²) in [6.07, 6.45) is 0. The molecule has 1 fully saturated rings. The van der Waals surface area contributed by atoms with Gasteiger partial charge in [0.05, 0.1) is 7.11 Å². The number of hydrogen-bond donors (Lipinski definition) is 1. The Kier molecular flexibility index (Phi) is 5.13. The third-order valence-corrected chi connectivity index (χ3v) is 4.21. The largest absolute Gasteiger partial charge is 0.504 e. The van der Waals surface area contributed by atoms with Gasteiger partial charge < -0.3 is 9.84 Å². The molecular formula is C15H23ClN2O2. The van der Waals surface area contributed by atoms with Gasteiger partial charge in [0.15, 0.2) is 11.5 Å². The van der Waals surface area contributed by atoms with E-state index in [1.165, 1.54) is 7.11 Å². The normalized spacial score (nSPS) is 21.1. The standard InChI is InChI=1S/C15H23ClN2O2/c1-4-18-6-5-17(9-11(18)2)10-12-7-13(16)8-14(20-3)15(12)19/h7-8,11,19H,4-6,9-10H2,1-3H3. The van der Waals surface area contributed by atoms with Gasteiger partial charge in [0, 0.05) is 48.9 Å². The highest BCUT2D eigenvalue weighted by Crippen LogP contribution is 2.34. The number of phenols is 1. The van der Waals surface area contributed by atoms with Crippen LogP contribution < -0.4 is 4.74 Å². The quantitative estimate of drug-likeness (QED) is 0.927. The van der Waals surface area contributed by atoms with Crippen LogP contribution in [-0.4, -0.2) is 54.2 Å². The van der Waals surface area contributed by atoms with E-state index in [-0.39, 0.29) is 5.75 Å². The molecule has 0 aromatic heterocycles. The number of ether oxygens (including phenoxy) is 1. The first-order valence-electron chi connectivity index (χ1n) is 7.07. The molecule has 1 saturated heterocycles. The lowest BCUT2D eigenvalue weighted by atomic mass is 10.1. The molecule has 2 rings (SSSR count). The van der Waals surface area contributed by atoms with Crippen LogP contribution in [0.1, 0.15) is 19.4 Å². The highest BCUT2D eigenvalue weighted by Gasteiger charge is 2.23. The highest BCUT2D eigenvalue weighted by atomic mass is 35.5. The van der Waals surface area contributed by atoms with Crippen LogP contribution in [0.4, 0.5) is 0 Å². The van der Waals surface area contributed by atoms with Crippen molar-refractivity contribution in [1.29, 1.82) is 0 Å². The van der Waals surface area contributed by atoms with Gasteiger partial charge in [-0.15, -0.1) is 0 Å². The van der Waals surface area contributed by atoms with Gasteiger partial charge in [-0.1, -0.05) is 18.5 Å². The van der Waals surface area contributed by atoms with Crippen LogP contribution in [0.15, 0.2) is 12.1 Å². The summed E-state index contributed by atoms with van der Waals surface area (Å²) in [5, 5.41) is 10.8. The molecule has 1 unspecified atom stereocenters. The van der Waals surface area contributed by atoms with E-state index in [4.69, 9.17) is 16.3 Å². The summed E-state index contributed by atoms with van der Waals surface area (Å²) >= 11 is 6.07. The molecule has 0 radical (unpaired) electrons. The van der Waals surface area contributed by atoms with Crippen molar-refractivity contribution in [2.24, 2.45) is 0 Å². The third kappa shape index (κ3) is 3.37. The second kappa shape index (κ2) is 6.66. The van der Waals surface area contributed by atoms with E-state index in [9.17, 15) is 5.11 Å². The molecule has 0 saturated carbocycles. The number of aromatic hydroxyl groups is 1. The van der Waals surface area contributed by atoms with Gasteiger partial charge in [-0.05, 0) is 19.5 Å². The van der Waals surface area contributed by atoms with Crippen molar-refractivity contribution < 1.29 is 9.84 Å². The predicted octanol–water partition coefficient (Wildman–Crippen LogP) is 2.58. The van der Waals surface area contributed by atoms with E-state index in [1.54, 1.807) is 6.07 Å². The molecule has 1 aliphatic heterocycles. The molecular weight excluding hydrogens is 276 g/mol. The molecule has 1 aromatic rings. The minimum absolute atomic E-state index is 0.197. The van der Waals surface area contributed by atoms with E-state index in [1.807, 2.05) is 6.07 Å². The van der Waals surface area contributed by atoms with Crippen molar-refractivity contribution in [3.8, 4) is 11.5 Å². The minimum atomic E-state index is 0.197. The number of piperazine rings is 1. The molecule has 1 N–H and O–H groups in total. The van der Waals surface area contributed by atoms with Crippen molar-refractivity contribution in [1.82, 2.24) is 9.80 Å². The summed E-state index contributed by atoms with van der Waals surface area (Å²) in [5.41, 5.74) is 0.825. The summed E-state index contributed by atoms with van der Waals surface area (Å²) in [4.78, 5) is 4.82. The van der Waals surface area contributed by atoms with Crippen LogP contribution in [0, 0.1) is 0 Å². The zero-order valence-electron chi connectivity index (χ0n) is 12.4. The van der Waals surface area contributed by atoms with Crippen molar-refractivity contribution in [2.75, 3.05) is 33.3 Å². The number of benzene rings is 1. The Morgan fingerprint density at radius 3 is 2.75 bits per heavy atom. The fourth-order valence-corrected chi connectivity index (χ4v) is 3.06. The first kappa shape index (κ1) is 15.4. The van der Waals surface area contributed by atoms with E-state index >= 15 is 0 Å². The van der Waals surface area contributed by atoms with Gasteiger partial charge in [-0.2, -0.15) is 0 Å². The Morgan fingerprint density at radius 1 is 1.40 bits per heavy atom. The molecule has 5 heteroatoms. The number of nitrogens with zero attached hydrogens (tertiary/aromatic N) is 2. The fraction of sp³-hybridized carbons (Fsp3) is 0.600. The first-order valence-corrected chi connectivity index (χ1v) is 7.44. The Bertz CT molecular complexity index is 467. The molecule has 0 spiro atoms. The maximum Gasteiger partial charge on any atom is 0.162 e. The SMILES string of the molecule is CCN1CCN(Cc2cc(Cl)cc(OC)c2O)CC1C. The highest BCUT2D eigenvalue weighted by molar-refractivity contribution is 6.30. The van der Waals surface area contributed by atoms with Crippen molar-refractivity contribution in [2.45, 2.75) is 26.4 Å². The molecule has 0 bridgehead atoms. The van der Waals surface area contributed by atoms with E-state index in [0.717, 1.165) is 31.7 Å². The van der Waals surface area contributed by atoms with Crippen LogP contribution in [0.3, 0.4) is 0 Å². The average molecular weight is 299 g/mol. The summed E-state index contributed by atoms with van der Waals surface area (Å²) < 4.78 is 5.15. The van der Waals surface area contributed by atoms with Gasteiger partial charge in [0.2, 0.25) is 0 Å². The van der Waals surface area contributed by atoms with E-state index < -0.39 is 0 Å². The zero-order chi connectivity index (χ0) is 14.7. The second-order valence-electron chi connectivity index (χ2n) is 5.33. The molecule has 1 atom stereocenters. The summed E-state index contributed by atoms with van der Waals surface area (Å²) in [7, 11) is 1.54. The Balaban J connectivity index is 2.09. The van der Waals surface area contributed by atoms with Crippen molar-refractivity contribution in [3.63, 3.8) is 0 Å². The summed E-state index contributed by atoms with van der Waals surface area (Å²) in [6.45, 7) is 9.30. The maximum absolute atomic E-state index is 10.2. The molecule has 0 aliphatic carbocycles.